The van der Waals surface area contributed by atoms with Gasteiger partial charge in [0.1, 0.15) is 5.76 Å². The molecule has 1 amide bonds. The average Bonchev–Trinajstić information content (AvgIpc) is 3.34. The van der Waals surface area contributed by atoms with Crippen molar-refractivity contribution in [2.75, 3.05) is 13.2 Å². The molecule has 1 aliphatic rings. The van der Waals surface area contributed by atoms with Gasteiger partial charge >= 0.3 is 5.97 Å². The molecule has 1 aromatic heterocycles. The van der Waals surface area contributed by atoms with Crippen LogP contribution in [0.25, 0.3) is 0 Å². The van der Waals surface area contributed by atoms with Crippen LogP contribution in [0.4, 0.5) is 0 Å². The molecule has 0 aliphatic heterocycles. The fourth-order valence-electron chi connectivity index (χ4n) is 2.81. The Morgan fingerprint density at radius 3 is 2.64 bits per heavy atom. The molecular weight excluding hydrogens is 356 g/mol. The second-order valence-corrected chi connectivity index (χ2v) is 6.85. The minimum atomic E-state index is -0.341. The predicted octanol–water partition coefficient (Wildman–Crippen LogP) is 3.29. The van der Waals surface area contributed by atoms with Crippen LogP contribution in [0.3, 0.4) is 0 Å². The lowest BCUT2D eigenvalue weighted by Crippen LogP contribution is -2.25. The van der Waals surface area contributed by atoms with E-state index >= 15 is 0 Å². The molecule has 0 bridgehead atoms. The second-order valence-electron chi connectivity index (χ2n) is 6.85. The molecule has 6 nitrogen and oxygen atoms in total. The van der Waals surface area contributed by atoms with E-state index in [9.17, 15) is 9.59 Å². The third kappa shape index (κ3) is 6.39. The largest absolute Gasteiger partial charge is 0.468 e. The van der Waals surface area contributed by atoms with Crippen molar-refractivity contribution < 1.29 is 18.7 Å². The molecule has 1 N–H and O–H groups in total. The molecule has 1 aromatic carbocycles. The Hall–Kier alpha value is -2.86. The molecule has 0 unspecified atom stereocenters. The van der Waals surface area contributed by atoms with Crippen LogP contribution in [0.1, 0.15) is 41.4 Å². The zero-order valence-corrected chi connectivity index (χ0v) is 16.1. The number of hydrogen-bond donors (Lipinski definition) is 1. The maximum Gasteiger partial charge on any atom is 0.330 e. The number of nitrogens with zero attached hydrogens (tertiary/aromatic N) is 1. The second kappa shape index (κ2) is 9.90. The molecule has 2 aromatic rings. The molecule has 1 heterocycles. The van der Waals surface area contributed by atoms with Gasteiger partial charge in [0.05, 0.1) is 19.4 Å². The van der Waals surface area contributed by atoms with Crippen molar-refractivity contribution in [3.05, 3.63) is 71.7 Å². The van der Waals surface area contributed by atoms with Crippen LogP contribution in [0.15, 0.2) is 59.2 Å². The van der Waals surface area contributed by atoms with E-state index in [4.69, 9.17) is 9.15 Å². The monoisotopic (exact) mass is 382 g/mol. The van der Waals surface area contributed by atoms with E-state index in [1.54, 1.807) is 19.3 Å². The minimum absolute atomic E-state index is 0.0149. The lowest BCUT2D eigenvalue weighted by molar-refractivity contribution is -0.137. The fraction of sp³-hybridized carbons (Fsp3) is 0.364. The van der Waals surface area contributed by atoms with Gasteiger partial charge in [0.15, 0.2) is 0 Å². The Kier molecular flexibility index (Phi) is 7.03. The molecule has 0 spiro atoms. The molecule has 0 radical (unpaired) electrons. The lowest BCUT2D eigenvalue weighted by Gasteiger charge is -2.19. The molecule has 0 atom stereocenters. The number of nitrogens with one attached hydrogen (secondary N) is 1. The van der Waals surface area contributed by atoms with Gasteiger partial charge < -0.3 is 14.5 Å². The number of benzene rings is 1. The van der Waals surface area contributed by atoms with Gasteiger partial charge in [0.2, 0.25) is 0 Å². The number of hydrogen-bond acceptors (Lipinski definition) is 5. The first-order valence-corrected chi connectivity index (χ1v) is 9.62. The first-order valence-electron chi connectivity index (χ1n) is 9.62. The number of esters is 1. The maximum atomic E-state index is 12.1. The van der Waals surface area contributed by atoms with Crippen LogP contribution in [0.2, 0.25) is 0 Å². The van der Waals surface area contributed by atoms with Gasteiger partial charge in [-0.05, 0) is 49.6 Å². The highest BCUT2D eigenvalue weighted by molar-refractivity contribution is 5.94. The molecule has 148 valence electrons. The highest BCUT2D eigenvalue weighted by Gasteiger charge is 2.23. The van der Waals surface area contributed by atoms with Crippen molar-refractivity contribution in [2.45, 2.75) is 38.9 Å². The topological polar surface area (TPSA) is 71.8 Å². The van der Waals surface area contributed by atoms with E-state index < -0.39 is 0 Å². The molecule has 1 aliphatic carbocycles. The van der Waals surface area contributed by atoms with E-state index in [-0.39, 0.29) is 11.9 Å². The molecule has 1 fully saturated rings. The Labute approximate surface area is 165 Å². The molecule has 1 saturated carbocycles. The van der Waals surface area contributed by atoms with E-state index in [1.807, 2.05) is 36.4 Å². The third-order valence-electron chi connectivity index (χ3n) is 4.40. The quantitative estimate of drug-likeness (QED) is 0.504. The van der Waals surface area contributed by atoms with Crippen molar-refractivity contribution in [1.29, 1.82) is 0 Å². The zero-order valence-electron chi connectivity index (χ0n) is 16.1. The fourth-order valence-corrected chi connectivity index (χ4v) is 2.81. The van der Waals surface area contributed by atoms with Crippen molar-refractivity contribution in [3.8, 4) is 0 Å². The van der Waals surface area contributed by atoms with Crippen LogP contribution >= 0.6 is 0 Å². The van der Waals surface area contributed by atoms with Crippen LogP contribution in [-0.4, -0.2) is 36.0 Å². The smallest absolute Gasteiger partial charge is 0.330 e. The van der Waals surface area contributed by atoms with Crippen LogP contribution in [0.5, 0.6) is 0 Å². The summed E-state index contributed by atoms with van der Waals surface area (Å²) in [5.41, 5.74) is 1.76. The van der Waals surface area contributed by atoms with Gasteiger partial charge in [-0.1, -0.05) is 18.2 Å². The molecule has 6 heteroatoms. The first-order chi connectivity index (χ1) is 13.6. The van der Waals surface area contributed by atoms with Crippen LogP contribution in [0, 0.1) is 0 Å². The van der Waals surface area contributed by atoms with Gasteiger partial charge in [-0.2, -0.15) is 0 Å². The normalized spacial score (nSPS) is 13.8. The van der Waals surface area contributed by atoms with Gasteiger partial charge in [-0.15, -0.1) is 0 Å². The SMILES string of the molecule is CCOC(=O)/C=C/CN(Cc1ccc(C(=O)NC2CC2)cc1)Cc1ccco1. The first kappa shape index (κ1) is 19.9. The standard InChI is InChI=1S/C22H26N2O4/c1-2-27-21(25)6-3-13-24(16-20-5-4-14-28-20)15-17-7-9-18(10-8-17)22(26)23-19-11-12-19/h3-10,14,19H,2,11-13,15-16H2,1H3,(H,23,26)/b6-3+. The van der Waals surface area contributed by atoms with Crippen molar-refractivity contribution in [2.24, 2.45) is 0 Å². The van der Waals surface area contributed by atoms with Gasteiger partial charge in [-0.3, -0.25) is 9.69 Å². The summed E-state index contributed by atoms with van der Waals surface area (Å²) in [6, 6.07) is 11.8. The summed E-state index contributed by atoms with van der Waals surface area (Å²) in [5.74, 6) is 0.496. The van der Waals surface area contributed by atoms with Crippen LogP contribution in [-0.2, 0) is 22.6 Å². The number of furan rings is 1. The van der Waals surface area contributed by atoms with Crippen molar-refractivity contribution in [1.82, 2.24) is 10.2 Å². The summed E-state index contributed by atoms with van der Waals surface area (Å²) < 4.78 is 10.4. The Balaban J connectivity index is 1.60. The maximum absolute atomic E-state index is 12.1. The van der Waals surface area contributed by atoms with E-state index in [2.05, 4.69) is 10.2 Å². The Morgan fingerprint density at radius 2 is 2.00 bits per heavy atom. The van der Waals surface area contributed by atoms with E-state index in [1.165, 1.54) is 6.08 Å². The zero-order chi connectivity index (χ0) is 19.8. The number of rotatable bonds is 10. The molecule has 0 saturated heterocycles. The van der Waals surface area contributed by atoms with Gasteiger partial charge in [-0.25, -0.2) is 4.79 Å². The van der Waals surface area contributed by atoms with Gasteiger partial charge in [0, 0.05) is 30.8 Å². The summed E-state index contributed by atoms with van der Waals surface area (Å²) >= 11 is 0. The number of ether oxygens (including phenoxy) is 1. The Bertz CT molecular complexity index is 792. The predicted molar refractivity (Wildman–Crippen MR) is 106 cm³/mol. The number of carbonyl (C=O) groups excluding carboxylic acids is 2. The molecule has 3 rings (SSSR count). The minimum Gasteiger partial charge on any atom is -0.468 e. The number of amides is 1. The van der Waals surface area contributed by atoms with Crippen LogP contribution < -0.4 is 5.32 Å². The summed E-state index contributed by atoms with van der Waals surface area (Å²) in [6.07, 6.45) is 7.04. The average molecular weight is 382 g/mol. The van der Waals surface area contributed by atoms with Crippen molar-refractivity contribution in [3.63, 3.8) is 0 Å². The number of carbonyl (C=O) groups is 2. The summed E-state index contributed by atoms with van der Waals surface area (Å²) in [7, 11) is 0. The summed E-state index contributed by atoms with van der Waals surface area (Å²) in [5, 5.41) is 2.99. The van der Waals surface area contributed by atoms with Gasteiger partial charge in [0.25, 0.3) is 5.91 Å². The Morgan fingerprint density at radius 1 is 1.21 bits per heavy atom. The lowest BCUT2D eigenvalue weighted by atomic mass is 10.1. The van der Waals surface area contributed by atoms with E-state index in [0.29, 0.717) is 37.8 Å². The molecular formula is C22H26N2O4. The highest BCUT2D eigenvalue weighted by atomic mass is 16.5. The van der Waals surface area contributed by atoms with Crippen molar-refractivity contribution >= 4 is 11.9 Å². The van der Waals surface area contributed by atoms with E-state index in [0.717, 1.165) is 24.2 Å². The highest BCUT2D eigenvalue weighted by Crippen LogP contribution is 2.19. The molecule has 28 heavy (non-hydrogen) atoms. The summed E-state index contributed by atoms with van der Waals surface area (Å²) in [4.78, 5) is 25.8. The third-order valence-corrected chi connectivity index (χ3v) is 4.40. The summed E-state index contributed by atoms with van der Waals surface area (Å²) in [6.45, 7) is 4.00.